The lowest BCUT2D eigenvalue weighted by Gasteiger charge is -2.07. The number of hydrogen-bond acceptors (Lipinski definition) is 7. The summed E-state index contributed by atoms with van der Waals surface area (Å²) in [6.45, 7) is 0. The molecule has 0 saturated heterocycles. The Bertz CT molecular complexity index is 1250. The lowest BCUT2D eigenvalue weighted by Crippen LogP contribution is -2.31. The van der Waals surface area contributed by atoms with Gasteiger partial charge in [0.15, 0.2) is 11.6 Å². The first-order valence-electron chi connectivity index (χ1n) is 10.1. The fraction of sp³-hybridized carbons (Fsp3) is 0.125. The highest BCUT2D eigenvalue weighted by atomic mass is 32.2. The molecule has 8 heteroatoms. The first-order chi connectivity index (χ1) is 15.7. The van der Waals surface area contributed by atoms with Crippen molar-refractivity contribution in [2.75, 3.05) is 12.5 Å². The number of aliphatic imine (C=N–C) groups is 1. The Morgan fingerprint density at radius 2 is 1.47 bits per heavy atom. The zero-order chi connectivity index (χ0) is 21.9. The molecule has 3 aromatic carbocycles. The lowest BCUT2D eigenvalue weighted by atomic mass is 10.1. The maximum atomic E-state index is 4.82. The number of nitrogens with zero attached hydrogens (tertiary/aromatic N) is 3. The fourth-order valence-electron chi connectivity index (χ4n) is 3.50. The van der Waals surface area contributed by atoms with Gasteiger partial charge in [-0.3, -0.25) is 5.10 Å². The van der Waals surface area contributed by atoms with Gasteiger partial charge in [0.25, 0.3) is 0 Å². The molecular formula is C24H22N6S2. The van der Waals surface area contributed by atoms with E-state index in [0.29, 0.717) is 5.82 Å². The molecule has 1 atom stereocenters. The highest BCUT2D eigenvalue weighted by molar-refractivity contribution is 7.98. The first-order valence-corrected chi connectivity index (χ1v) is 12.6. The molecular weight excluding hydrogens is 436 g/mol. The minimum atomic E-state index is -0.121. The number of H-pyrrole nitrogens is 1. The fourth-order valence-corrected chi connectivity index (χ4v) is 4.31. The van der Waals surface area contributed by atoms with Crippen LogP contribution in [-0.2, 0) is 0 Å². The van der Waals surface area contributed by atoms with E-state index in [1.165, 1.54) is 9.79 Å². The summed E-state index contributed by atoms with van der Waals surface area (Å²) in [5, 5.41) is 7.49. The third-order valence-electron chi connectivity index (χ3n) is 5.26. The van der Waals surface area contributed by atoms with Crippen LogP contribution < -0.4 is 10.9 Å². The van der Waals surface area contributed by atoms with Gasteiger partial charge in [0.2, 0.25) is 0 Å². The molecule has 4 aromatic rings. The van der Waals surface area contributed by atoms with Crippen molar-refractivity contribution in [3.63, 3.8) is 0 Å². The number of benzene rings is 3. The van der Waals surface area contributed by atoms with Crippen LogP contribution in [0.5, 0.6) is 0 Å². The normalized spacial score (nSPS) is 15.4. The molecule has 3 N–H and O–H groups in total. The number of rotatable bonds is 6. The third-order valence-corrected chi connectivity index (χ3v) is 6.75. The number of thioether (sulfide) groups is 2. The topological polar surface area (TPSA) is 78.0 Å². The Labute approximate surface area is 195 Å². The molecule has 0 amide bonds. The summed E-state index contributed by atoms with van der Waals surface area (Å²) in [7, 11) is 0. The molecule has 0 fully saturated rings. The largest absolute Gasteiger partial charge is 0.303 e. The first kappa shape index (κ1) is 20.8. The number of amidine groups is 1. The summed E-state index contributed by atoms with van der Waals surface area (Å²) in [6, 6.07) is 24.8. The Morgan fingerprint density at radius 3 is 2.19 bits per heavy atom. The van der Waals surface area contributed by atoms with Gasteiger partial charge in [-0.25, -0.2) is 15.4 Å². The van der Waals surface area contributed by atoms with Crippen molar-refractivity contribution in [1.82, 2.24) is 26.0 Å². The minimum Gasteiger partial charge on any atom is -0.303 e. The van der Waals surface area contributed by atoms with Gasteiger partial charge >= 0.3 is 0 Å². The van der Waals surface area contributed by atoms with E-state index in [-0.39, 0.29) is 6.17 Å². The SMILES string of the molecule is CSc1ccc(-c2nc(-c3cccc(C4=NC(c5ccc(SC)cc5)NN4)c3)n[nH]2)cc1. The predicted molar refractivity (Wildman–Crippen MR) is 133 cm³/mol. The van der Waals surface area contributed by atoms with Gasteiger partial charge in [-0.2, -0.15) is 5.10 Å². The molecule has 0 bridgehead atoms. The van der Waals surface area contributed by atoms with Gasteiger partial charge in [-0.1, -0.05) is 42.5 Å². The van der Waals surface area contributed by atoms with Gasteiger partial charge in [0.05, 0.1) is 0 Å². The highest BCUT2D eigenvalue weighted by Crippen LogP contribution is 2.25. The number of aromatic amines is 1. The van der Waals surface area contributed by atoms with E-state index >= 15 is 0 Å². The Kier molecular flexibility index (Phi) is 5.98. The smallest absolute Gasteiger partial charge is 0.181 e. The van der Waals surface area contributed by atoms with Crippen molar-refractivity contribution in [1.29, 1.82) is 0 Å². The maximum Gasteiger partial charge on any atom is 0.181 e. The average molecular weight is 459 g/mol. The van der Waals surface area contributed by atoms with Crippen molar-refractivity contribution < 1.29 is 0 Å². The third kappa shape index (κ3) is 4.29. The van der Waals surface area contributed by atoms with Gasteiger partial charge in [0.1, 0.15) is 12.0 Å². The summed E-state index contributed by atoms with van der Waals surface area (Å²) in [5.74, 6) is 2.21. The van der Waals surface area contributed by atoms with Crippen LogP contribution >= 0.6 is 23.5 Å². The zero-order valence-corrected chi connectivity index (χ0v) is 19.3. The van der Waals surface area contributed by atoms with Crippen molar-refractivity contribution in [2.45, 2.75) is 16.0 Å². The molecule has 0 aliphatic carbocycles. The van der Waals surface area contributed by atoms with E-state index < -0.39 is 0 Å². The Morgan fingerprint density at radius 1 is 0.781 bits per heavy atom. The molecule has 0 spiro atoms. The monoisotopic (exact) mass is 458 g/mol. The van der Waals surface area contributed by atoms with Crippen LogP contribution in [0, 0.1) is 0 Å². The quantitative estimate of drug-likeness (QED) is 0.348. The summed E-state index contributed by atoms with van der Waals surface area (Å²) in [4.78, 5) is 12.0. The van der Waals surface area contributed by atoms with Crippen LogP contribution in [0.25, 0.3) is 22.8 Å². The van der Waals surface area contributed by atoms with Crippen molar-refractivity contribution in [2.24, 2.45) is 4.99 Å². The Hall–Kier alpha value is -3.07. The molecule has 5 rings (SSSR count). The Balaban J connectivity index is 1.37. The lowest BCUT2D eigenvalue weighted by molar-refractivity contribution is 0.574. The van der Waals surface area contributed by atoms with E-state index in [0.717, 1.165) is 33.9 Å². The molecule has 0 saturated carbocycles. The molecule has 1 aliphatic rings. The summed E-state index contributed by atoms with van der Waals surface area (Å²) < 4.78 is 0. The van der Waals surface area contributed by atoms with Crippen molar-refractivity contribution >= 4 is 29.4 Å². The second-order valence-corrected chi connectivity index (χ2v) is 9.00. The summed E-state index contributed by atoms with van der Waals surface area (Å²) >= 11 is 3.45. The highest BCUT2D eigenvalue weighted by Gasteiger charge is 2.19. The van der Waals surface area contributed by atoms with E-state index in [1.807, 2.05) is 18.2 Å². The molecule has 32 heavy (non-hydrogen) atoms. The zero-order valence-electron chi connectivity index (χ0n) is 17.7. The van der Waals surface area contributed by atoms with Gasteiger partial charge in [-0.15, -0.1) is 23.5 Å². The molecule has 6 nitrogen and oxygen atoms in total. The second-order valence-electron chi connectivity index (χ2n) is 7.24. The van der Waals surface area contributed by atoms with Crippen LogP contribution in [0.2, 0.25) is 0 Å². The van der Waals surface area contributed by atoms with Crippen molar-refractivity contribution in [3.05, 3.63) is 83.9 Å². The number of hydrazine groups is 1. The van der Waals surface area contributed by atoms with E-state index in [2.05, 4.69) is 88.2 Å². The summed E-state index contributed by atoms with van der Waals surface area (Å²) in [5.41, 5.74) is 10.5. The minimum absolute atomic E-state index is 0.121. The van der Waals surface area contributed by atoms with Crippen LogP contribution in [0.15, 0.2) is 87.6 Å². The van der Waals surface area contributed by atoms with Crippen LogP contribution in [-0.4, -0.2) is 33.5 Å². The van der Waals surface area contributed by atoms with E-state index in [9.17, 15) is 0 Å². The molecule has 1 unspecified atom stereocenters. The van der Waals surface area contributed by atoms with Crippen LogP contribution in [0.3, 0.4) is 0 Å². The second kappa shape index (κ2) is 9.20. The van der Waals surface area contributed by atoms with E-state index in [1.54, 1.807) is 23.5 Å². The molecule has 0 radical (unpaired) electrons. The number of hydrogen-bond donors (Lipinski definition) is 3. The van der Waals surface area contributed by atoms with Crippen LogP contribution in [0.4, 0.5) is 0 Å². The molecule has 2 heterocycles. The number of nitrogens with one attached hydrogen (secondary N) is 3. The van der Waals surface area contributed by atoms with Gasteiger partial charge in [-0.05, 0) is 48.4 Å². The van der Waals surface area contributed by atoms with Crippen molar-refractivity contribution in [3.8, 4) is 22.8 Å². The van der Waals surface area contributed by atoms with Gasteiger partial charge < -0.3 is 5.43 Å². The molecule has 1 aromatic heterocycles. The average Bonchev–Trinajstić information content (AvgIpc) is 3.55. The molecule has 1 aliphatic heterocycles. The standard InChI is InChI=1S/C24H22N6S2/c1-31-19-10-6-15(7-11-19)21-25-23(29-27-21)17-4-3-5-18(14-17)24-26-22(28-30-24)16-8-12-20(32-2)13-9-16/h3-14,21,27H,1-2H3,(H,25,29)(H,26,28,30). The van der Waals surface area contributed by atoms with Gasteiger partial charge in [0, 0.05) is 26.5 Å². The van der Waals surface area contributed by atoms with E-state index in [4.69, 9.17) is 9.98 Å². The summed E-state index contributed by atoms with van der Waals surface area (Å²) in [6.07, 6.45) is 4.02. The maximum absolute atomic E-state index is 4.82. The predicted octanol–water partition coefficient (Wildman–Crippen LogP) is 5.14. The molecule has 160 valence electrons. The van der Waals surface area contributed by atoms with Crippen LogP contribution in [0.1, 0.15) is 17.3 Å². The number of aromatic nitrogens is 3.